The maximum atomic E-state index is 4.38. The number of thiazole rings is 1. The van der Waals surface area contributed by atoms with Gasteiger partial charge in [0.15, 0.2) is 5.96 Å². The second-order valence-corrected chi connectivity index (χ2v) is 7.13. The molecule has 24 heavy (non-hydrogen) atoms. The minimum Gasteiger partial charge on any atom is -0.356 e. The standard InChI is InChI=1S/C18H26N4S.HI/c1-13-5-7-16(8-6-13)14(2)11-22-18(19-4)20-10-9-17-21-12-15(3)23-17;/h5-8,12,14H,9-11H2,1-4H3,(H2,19,20,22);1H. The fraction of sp³-hybridized carbons (Fsp3) is 0.444. The van der Waals surface area contributed by atoms with Crippen LogP contribution in [-0.2, 0) is 6.42 Å². The van der Waals surface area contributed by atoms with E-state index in [2.05, 4.69) is 65.6 Å². The molecule has 132 valence electrons. The number of hydrogen-bond acceptors (Lipinski definition) is 3. The van der Waals surface area contributed by atoms with Gasteiger partial charge < -0.3 is 10.6 Å². The quantitative estimate of drug-likeness (QED) is 0.393. The Morgan fingerprint density at radius 2 is 1.92 bits per heavy atom. The lowest BCUT2D eigenvalue weighted by Gasteiger charge is -2.16. The van der Waals surface area contributed by atoms with Crippen LogP contribution in [-0.4, -0.2) is 31.1 Å². The third-order valence-electron chi connectivity index (χ3n) is 3.75. The molecule has 1 heterocycles. The lowest BCUT2D eigenvalue weighted by molar-refractivity contribution is 0.697. The molecule has 2 rings (SSSR count). The summed E-state index contributed by atoms with van der Waals surface area (Å²) in [5, 5.41) is 7.91. The highest BCUT2D eigenvalue weighted by Gasteiger charge is 2.07. The molecule has 0 saturated heterocycles. The number of aliphatic imine (C=N–C) groups is 1. The first-order valence-corrected chi connectivity index (χ1v) is 8.82. The summed E-state index contributed by atoms with van der Waals surface area (Å²) in [6.07, 6.45) is 2.85. The van der Waals surface area contributed by atoms with Crippen molar-refractivity contribution in [3.05, 3.63) is 51.5 Å². The largest absolute Gasteiger partial charge is 0.356 e. The fourth-order valence-electron chi connectivity index (χ4n) is 2.29. The number of halogens is 1. The highest BCUT2D eigenvalue weighted by molar-refractivity contribution is 14.0. The molecule has 1 aromatic carbocycles. The van der Waals surface area contributed by atoms with Crippen molar-refractivity contribution in [1.29, 1.82) is 0 Å². The number of guanidine groups is 1. The number of aromatic nitrogens is 1. The smallest absolute Gasteiger partial charge is 0.191 e. The summed E-state index contributed by atoms with van der Waals surface area (Å²) >= 11 is 1.75. The molecule has 0 spiro atoms. The van der Waals surface area contributed by atoms with Crippen molar-refractivity contribution in [3.8, 4) is 0 Å². The second kappa shape index (κ2) is 10.7. The van der Waals surface area contributed by atoms with E-state index in [1.165, 1.54) is 21.0 Å². The maximum Gasteiger partial charge on any atom is 0.191 e. The van der Waals surface area contributed by atoms with E-state index < -0.39 is 0 Å². The number of rotatable bonds is 6. The number of nitrogens with one attached hydrogen (secondary N) is 2. The molecule has 0 amide bonds. The van der Waals surface area contributed by atoms with E-state index in [1.54, 1.807) is 18.4 Å². The predicted molar refractivity (Wildman–Crippen MR) is 115 cm³/mol. The molecule has 1 atom stereocenters. The maximum absolute atomic E-state index is 4.38. The van der Waals surface area contributed by atoms with Crippen LogP contribution in [0.5, 0.6) is 0 Å². The van der Waals surface area contributed by atoms with Gasteiger partial charge in [-0.2, -0.15) is 0 Å². The van der Waals surface area contributed by atoms with Gasteiger partial charge in [-0.05, 0) is 25.3 Å². The van der Waals surface area contributed by atoms with E-state index in [1.807, 2.05) is 6.20 Å². The van der Waals surface area contributed by atoms with Crippen molar-refractivity contribution in [1.82, 2.24) is 15.6 Å². The van der Waals surface area contributed by atoms with E-state index >= 15 is 0 Å². The van der Waals surface area contributed by atoms with Crippen LogP contribution in [0.1, 0.15) is 33.9 Å². The Morgan fingerprint density at radius 3 is 2.50 bits per heavy atom. The van der Waals surface area contributed by atoms with Crippen LogP contribution in [0.2, 0.25) is 0 Å². The molecule has 2 aromatic rings. The Hall–Kier alpha value is -1.15. The molecule has 0 aliphatic rings. The molecule has 0 bridgehead atoms. The van der Waals surface area contributed by atoms with Crippen LogP contribution in [0.3, 0.4) is 0 Å². The molecule has 0 saturated carbocycles. The zero-order valence-corrected chi connectivity index (χ0v) is 17.9. The minimum atomic E-state index is 0. The Labute approximate surface area is 166 Å². The number of benzene rings is 1. The van der Waals surface area contributed by atoms with Crippen LogP contribution in [0.15, 0.2) is 35.5 Å². The molecule has 6 heteroatoms. The average molecular weight is 458 g/mol. The lowest BCUT2D eigenvalue weighted by Crippen LogP contribution is -2.39. The monoisotopic (exact) mass is 458 g/mol. The summed E-state index contributed by atoms with van der Waals surface area (Å²) in [5.41, 5.74) is 2.64. The van der Waals surface area contributed by atoms with E-state index in [4.69, 9.17) is 0 Å². The normalized spacial score (nSPS) is 12.4. The van der Waals surface area contributed by atoms with Gasteiger partial charge in [0.1, 0.15) is 0 Å². The van der Waals surface area contributed by atoms with E-state index in [-0.39, 0.29) is 24.0 Å². The van der Waals surface area contributed by atoms with Gasteiger partial charge in [-0.1, -0.05) is 36.8 Å². The van der Waals surface area contributed by atoms with Gasteiger partial charge in [0.2, 0.25) is 0 Å². The van der Waals surface area contributed by atoms with Crippen molar-refractivity contribution in [2.24, 2.45) is 4.99 Å². The van der Waals surface area contributed by atoms with Gasteiger partial charge >= 0.3 is 0 Å². The SMILES string of the molecule is CN=C(NCCc1ncc(C)s1)NCC(C)c1ccc(C)cc1.I. The Morgan fingerprint density at radius 1 is 1.21 bits per heavy atom. The third kappa shape index (κ3) is 6.76. The zero-order chi connectivity index (χ0) is 16.7. The molecule has 0 fully saturated rings. The topological polar surface area (TPSA) is 49.3 Å². The number of aryl methyl sites for hydroxylation is 2. The average Bonchev–Trinajstić information content (AvgIpc) is 2.96. The molecule has 0 aliphatic carbocycles. The minimum absolute atomic E-state index is 0. The van der Waals surface area contributed by atoms with Gasteiger partial charge in [-0.15, -0.1) is 35.3 Å². The predicted octanol–water partition coefficient (Wildman–Crippen LogP) is 3.89. The summed E-state index contributed by atoms with van der Waals surface area (Å²) < 4.78 is 0. The lowest BCUT2D eigenvalue weighted by atomic mass is 10.0. The molecular formula is C18H27IN4S. The Balaban J connectivity index is 0.00000288. The highest BCUT2D eigenvalue weighted by atomic mass is 127. The highest BCUT2D eigenvalue weighted by Crippen LogP contribution is 2.14. The zero-order valence-electron chi connectivity index (χ0n) is 14.8. The number of hydrogen-bond donors (Lipinski definition) is 2. The van der Waals surface area contributed by atoms with Crippen molar-refractivity contribution in [2.45, 2.75) is 33.1 Å². The first-order valence-electron chi connectivity index (χ1n) is 8.01. The van der Waals surface area contributed by atoms with Gasteiger partial charge in [-0.25, -0.2) is 4.98 Å². The summed E-state index contributed by atoms with van der Waals surface area (Å²) in [5.74, 6) is 1.29. The molecule has 0 aliphatic heterocycles. The molecule has 4 nitrogen and oxygen atoms in total. The van der Waals surface area contributed by atoms with Crippen molar-refractivity contribution < 1.29 is 0 Å². The van der Waals surface area contributed by atoms with Gasteiger partial charge in [0, 0.05) is 37.6 Å². The molecule has 0 radical (unpaired) electrons. The molecule has 2 N–H and O–H groups in total. The summed E-state index contributed by atoms with van der Waals surface area (Å²) in [6, 6.07) is 8.72. The summed E-state index contributed by atoms with van der Waals surface area (Å²) in [7, 11) is 1.80. The van der Waals surface area contributed by atoms with Crippen LogP contribution in [0, 0.1) is 13.8 Å². The number of nitrogens with zero attached hydrogens (tertiary/aromatic N) is 2. The fourth-order valence-corrected chi connectivity index (χ4v) is 3.07. The Bertz CT molecular complexity index is 637. The van der Waals surface area contributed by atoms with Gasteiger partial charge in [-0.3, -0.25) is 4.99 Å². The van der Waals surface area contributed by atoms with Crippen LogP contribution in [0.25, 0.3) is 0 Å². The second-order valence-electron chi connectivity index (χ2n) is 5.81. The van der Waals surface area contributed by atoms with Gasteiger partial charge in [0.25, 0.3) is 0 Å². The van der Waals surface area contributed by atoms with Gasteiger partial charge in [0.05, 0.1) is 5.01 Å². The summed E-state index contributed by atoms with van der Waals surface area (Å²) in [4.78, 5) is 9.92. The first-order chi connectivity index (χ1) is 11.1. The van der Waals surface area contributed by atoms with Crippen LogP contribution >= 0.6 is 35.3 Å². The van der Waals surface area contributed by atoms with E-state index in [0.717, 1.165) is 25.5 Å². The van der Waals surface area contributed by atoms with Crippen molar-refractivity contribution in [2.75, 3.05) is 20.1 Å². The first kappa shape index (κ1) is 20.9. The molecular weight excluding hydrogens is 431 g/mol. The molecule has 1 aromatic heterocycles. The third-order valence-corrected chi connectivity index (χ3v) is 4.72. The Kier molecular flexibility index (Phi) is 9.28. The van der Waals surface area contributed by atoms with Crippen molar-refractivity contribution >= 4 is 41.3 Å². The van der Waals surface area contributed by atoms with Crippen LogP contribution < -0.4 is 10.6 Å². The molecule has 1 unspecified atom stereocenters. The van der Waals surface area contributed by atoms with E-state index in [9.17, 15) is 0 Å². The van der Waals surface area contributed by atoms with E-state index in [0.29, 0.717) is 5.92 Å². The summed E-state index contributed by atoms with van der Waals surface area (Å²) in [6.45, 7) is 8.12. The van der Waals surface area contributed by atoms with Crippen LogP contribution in [0.4, 0.5) is 0 Å². The van der Waals surface area contributed by atoms with Crippen molar-refractivity contribution in [3.63, 3.8) is 0 Å².